The molecule has 0 bridgehead atoms. The molecular formula is C20H18ClFN2O3S. The Morgan fingerprint density at radius 3 is 2.64 bits per heavy atom. The van der Waals surface area contributed by atoms with Crippen LogP contribution in [0.15, 0.2) is 48.7 Å². The molecule has 0 radical (unpaired) electrons. The fourth-order valence-electron chi connectivity index (χ4n) is 3.81. The molecule has 3 aromatic rings. The van der Waals surface area contributed by atoms with E-state index in [-0.39, 0.29) is 5.82 Å². The van der Waals surface area contributed by atoms with Crippen LogP contribution in [0.3, 0.4) is 0 Å². The van der Waals surface area contributed by atoms with Gasteiger partial charge in [-0.1, -0.05) is 29.8 Å². The lowest BCUT2D eigenvalue weighted by molar-refractivity contribution is 0.471. The molecule has 0 aliphatic carbocycles. The monoisotopic (exact) mass is 420 g/mol. The highest BCUT2D eigenvalue weighted by molar-refractivity contribution is 7.84. The Labute approximate surface area is 167 Å². The van der Waals surface area contributed by atoms with Gasteiger partial charge in [-0.3, -0.25) is 4.55 Å². The van der Waals surface area contributed by atoms with Crippen LogP contribution in [0.1, 0.15) is 11.3 Å². The minimum atomic E-state index is -4.17. The largest absolute Gasteiger partial charge is 0.338 e. The van der Waals surface area contributed by atoms with E-state index in [1.807, 2.05) is 11.0 Å². The molecule has 1 aliphatic rings. The van der Waals surface area contributed by atoms with E-state index in [4.69, 9.17) is 11.6 Å². The molecule has 5 nitrogen and oxygen atoms in total. The molecule has 0 fully saturated rings. The molecule has 0 atom stereocenters. The van der Waals surface area contributed by atoms with Crippen molar-refractivity contribution in [2.75, 3.05) is 11.4 Å². The van der Waals surface area contributed by atoms with Crippen LogP contribution >= 0.6 is 11.6 Å². The summed E-state index contributed by atoms with van der Waals surface area (Å²) in [6.07, 6.45) is 2.32. The van der Waals surface area contributed by atoms with Gasteiger partial charge in [-0.25, -0.2) is 4.39 Å². The molecule has 0 spiro atoms. The second-order valence-electron chi connectivity index (χ2n) is 6.81. The van der Waals surface area contributed by atoms with Gasteiger partial charge in [0.05, 0.1) is 11.4 Å². The van der Waals surface area contributed by atoms with E-state index >= 15 is 0 Å². The van der Waals surface area contributed by atoms with Crippen molar-refractivity contribution in [2.45, 2.75) is 19.2 Å². The van der Waals surface area contributed by atoms with Crippen LogP contribution in [0.5, 0.6) is 0 Å². The molecule has 146 valence electrons. The molecule has 1 aromatic heterocycles. The molecule has 28 heavy (non-hydrogen) atoms. The molecule has 1 aliphatic heterocycles. The highest BCUT2D eigenvalue weighted by Crippen LogP contribution is 2.43. The summed E-state index contributed by atoms with van der Waals surface area (Å²) in [5, 5.41) is 0.526. The first-order valence-electron chi connectivity index (χ1n) is 8.70. The Balaban J connectivity index is 1.92. The Bertz CT molecular complexity index is 1170. The van der Waals surface area contributed by atoms with E-state index in [2.05, 4.69) is 0 Å². The second kappa shape index (κ2) is 6.92. The minimum absolute atomic E-state index is 0.326. The van der Waals surface area contributed by atoms with Gasteiger partial charge in [0.15, 0.2) is 0 Å². The number of aromatic nitrogens is 1. The van der Waals surface area contributed by atoms with Gasteiger partial charge in [-0.15, -0.1) is 0 Å². The average molecular weight is 421 g/mol. The van der Waals surface area contributed by atoms with Crippen molar-refractivity contribution in [3.05, 3.63) is 70.8 Å². The Morgan fingerprint density at radius 2 is 1.93 bits per heavy atom. The smallest absolute Gasteiger partial charge is 0.283 e. The van der Waals surface area contributed by atoms with Gasteiger partial charge < -0.3 is 9.47 Å². The molecule has 0 saturated heterocycles. The molecular weight excluding hydrogens is 403 g/mol. The quantitative estimate of drug-likeness (QED) is 0.618. The zero-order valence-electron chi connectivity index (χ0n) is 15.1. The van der Waals surface area contributed by atoms with E-state index in [0.717, 1.165) is 22.4 Å². The maximum Gasteiger partial charge on any atom is 0.283 e. The lowest BCUT2D eigenvalue weighted by Gasteiger charge is -2.26. The number of hydrogen-bond donors (Lipinski definition) is 1. The van der Waals surface area contributed by atoms with Crippen LogP contribution in [0, 0.1) is 12.7 Å². The predicted octanol–water partition coefficient (Wildman–Crippen LogP) is 4.80. The van der Waals surface area contributed by atoms with E-state index in [1.54, 1.807) is 43.5 Å². The lowest BCUT2D eigenvalue weighted by atomic mass is 10.00. The van der Waals surface area contributed by atoms with Crippen LogP contribution in [0.4, 0.5) is 15.8 Å². The summed E-state index contributed by atoms with van der Waals surface area (Å²) in [5.41, 5.74) is 4.58. The van der Waals surface area contributed by atoms with Gasteiger partial charge in [0.1, 0.15) is 11.7 Å². The van der Waals surface area contributed by atoms with Crippen molar-refractivity contribution < 1.29 is 17.4 Å². The van der Waals surface area contributed by atoms with Crippen LogP contribution in [-0.4, -0.2) is 24.1 Å². The van der Waals surface area contributed by atoms with Crippen molar-refractivity contribution in [1.82, 2.24) is 4.57 Å². The summed E-state index contributed by atoms with van der Waals surface area (Å²) in [7, 11) is -4.17. The zero-order chi connectivity index (χ0) is 20.1. The van der Waals surface area contributed by atoms with Gasteiger partial charge in [0.2, 0.25) is 0 Å². The van der Waals surface area contributed by atoms with Crippen LogP contribution in [-0.2, 0) is 22.4 Å². The SMILES string of the molecule is Cc1c2c(cn1CS(=O)(=O)O)CCN(c1ccccc1F)c1cc(Cl)ccc1-2. The number of halogens is 2. The number of fused-ring (bicyclic) bond motifs is 3. The van der Waals surface area contributed by atoms with Crippen LogP contribution < -0.4 is 4.90 Å². The van der Waals surface area contributed by atoms with Crippen molar-refractivity contribution in [1.29, 1.82) is 0 Å². The van der Waals surface area contributed by atoms with Gasteiger partial charge in [-0.2, -0.15) is 8.42 Å². The van der Waals surface area contributed by atoms with Gasteiger partial charge in [0.25, 0.3) is 10.1 Å². The average Bonchev–Trinajstić information content (AvgIpc) is 2.82. The summed E-state index contributed by atoms with van der Waals surface area (Å²) in [5.74, 6) is -0.834. The molecule has 0 unspecified atom stereocenters. The molecule has 1 N–H and O–H groups in total. The van der Waals surface area contributed by atoms with Gasteiger partial charge in [-0.05, 0) is 43.2 Å². The zero-order valence-corrected chi connectivity index (χ0v) is 16.6. The predicted molar refractivity (Wildman–Crippen MR) is 108 cm³/mol. The number of hydrogen-bond acceptors (Lipinski definition) is 3. The first kappa shape index (κ1) is 19.0. The topological polar surface area (TPSA) is 62.5 Å². The van der Waals surface area contributed by atoms with Crippen molar-refractivity contribution in [3.8, 4) is 11.1 Å². The Kier molecular flexibility index (Phi) is 4.69. The third-order valence-corrected chi connectivity index (χ3v) is 5.84. The highest BCUT2D eigenvalue weighted by atomic mass is 35.5. The van der Waals surface area contributed by atoms with Crippen molar-refractivity contribution in [3.63, 3.8) is 0 Å². The molecule has 0 amide bonds. The lowest BCUT2D eigenvalue weighted by Crippen LogP contribution is -2.20. The number of benzene rings is 2. The van der Waals surface area contributed by atoms with Crippen molar-refractivity contribution >= 4 is 33.1 Å². The standard InChI is InChI=1S/C20H18ClFN2O3S/c1-13-20-14(11-23(13)12-28(25,26)27)8-9-24(18-5-3-2-4-17(18)22)19-10-15(21)6-7-16(19)20/h2-7,10-11H,8-9,12H2,1H3,(H,25,26,27). The minimum Gasteiger partial charge on any atom is -0.338 e. The number of nitrogens with zero attached hydrogens (tertiary/aromatic N) is 2. The summed E-state index contributed by atoms with van der Waals surface area (Å²) < 4.78 is 48.0. The van der Waals surface area contributed by atoms with Gasteiger partial charge >= 0.3 is 0 Å². The number of anilines is 2. The summed E-state index contributed by atoms with van der Waals surface area (Å²) in [6, 6.07) is 12.0. The first-order chi connectivity index (χ1) is 13.2. The molecule has 2 aromatic carbocycles. The number of rotatable bonds is 3. The first-order valence-corrected chi connectivity index (χ1v) is 10.7. The summed E-state index contributed by atoms with van der Waals surface area (Å²) >= 11 is 6.24. The molecule has 0 saturated carbocycles. The Hall–Kier alpha value is -2.35. The fraction of sp³-hybridized carbons (Fsp3) is 0.200. The third kappa shape index (κ3) is 3.41. The summed E-state index contributed by atoms with van der Waals surface area (Å²) in [4.78, 5) is 1.89. The maximum absolute atomic E-state index is 14.5. The van der Waals surface area contributed by atoms with Crippen LogP contribution in [0.2, 0.25) is 5.02 Å². The normalized spacial score (nSPS) is 13.8. The van der Waals surface area contributed by atoms with E-state index in [1.165, 1.54) is 10.6 Å². The molecule has 4 rings (SSSR count). The van der Waals surface area contributed by atoms with Crippen molar-refractivity contribution in [2.24, 2.45) is 0 Å². The van der Waals surface area contributed by atoms with E-state index in [0.29, 0.717) is 29.4 Å². The Morgan fingerprint density at radius 1 is 1.18 bits per heavy atom. The fourth-order valence-corrected chi connectivity index (χ4v) is 4.59. The molecule has 8 heteroatoms. The summed E-state index contributed by atoms with van der Waals surface area (Å²) in [6.45, 7) is 2.30. The van der Waals surface area contributed by atoms with E-state index in [9.17, 15) is 17.4 Å². The second-order valence-corrected chi connectivity index (χ2v) is 8.67. The van der Waals surface area contributed by atoms with Crippen LogP contribution in [0.25, 0.3) is 11.1 Å². The highest BCUT2D eigenvalue weighted by Gasteiger charge is 2.26. The number of para-hydroxylation sites is 1. The van der Waals surface area contributed by atoms with E-state index < -0.39 is 16.0 Å². The maximum atomic E-state index is 14.5. The molecule has 2 heterocycles. The van der Waals surface area contributed by atoms with Gasteiger partial charge in [0, 0.05) is 34.6 Å². The third-order valence-electron chi connectivity index (χ3n) is 5.00.